The van der Waals surface area contributed by atoms with Crippen LogP contribution in [0.5, 0.6) is 5.75 Å². The van der Waals surface area contributed by atoms with E-state index in [9.17, 15) is 0 Å². The van der Waals surface area contributed by atoms with Gasteiger partial charge in [0, 0.05) is 17.2 Å². The predicted molar refractivity (Wildman–Crippen MR) is 81.4 cm³/mol. The molecule has 0 radical (unpaired) electrons. The number of para-hydroxylation sites is 1. The maximum absolute atomic E-state index is 5.84. The Morgan fingerprint density at radius 3 is 2.79 bits per heavy atom. The summed E-state index contributed by atoms with van der Waals surface area (Å²) in [5, 5.41) is 3.19. The molecule has 0 aliphatic carbocycles. The number of benzene rings is 1. The van der Waals surface area contributed by atoms with Crippen molar-refractivity contribution in [1.82, 2.24) is 4.98 Å². The molecule has 0 saturated heterocycles. The van der Waals surface area contributed by atoms with Crippen LogP contribution in [0.3, 0.4) is 0 Å². The molecule has 0 saturated carbocycles. The first kappa shape index (κ1) is 13.7. The number of halogens is 1. The first-order valence-electron chi connectivity index (χ1n) is 6.08. The number of aromatic nitrogens is 1. The molecule has 0 bridgehead atoms. The van der Waals surface area contributed by atoms with Gasteiger partial charge in [-0.25, -0.2) is 4.98 Å². The Hall–Kier alpha value is -1.75. The van der Waals surface area contributed by atoms with Crippen molar-refractivity contribution in [1.29, 1.82) is 0 Å². The van der Waals surface area contributed by atoms with Crippen LogP contribution in [-0.4, -0.2) is 18.1 Å². The lowest BCUT2D eigenvalue weighted by molar-refractivity contribution is 0.315. The maximum atomic E-state index is 5.84. The van der Waals surface area contributed by atoms with Crippen LogP contribution in [0, 0.1) is 0 Å². The van der Waals surface area contributed by atoms with Gasteiger partial charge in [-0.05, 0) is 40.5 Å². The fourth-order valence-electron chi connectivity index (χ4n) is 1.59. The predicted octanol–water partition coefficient (Wildman–Crippen LogP) is 3.31. The van der Waals surface area contributed by atoms with Crippen LogP contribution in [0.1, 0.15) is 6.42 Å². The van der Waals surface area contributed by atoms with Crippen LogP contribution in [0.25, 0.3) is 0 Å². The lowest BCUT2D eigenvalue weighted by Crippen LogP contribution is -2.09. The van der Waals surface area contributed by atoms with Gasteiger partial charge >= 0.3 is 0 Å². The highest BCUT2D eigenvalue weighted by atomic mass is 79.9. The molecule has 0 unspecified atom stereocenters. The fourth-order valence-corrected chi connectivity index (χ4v) is 1.94. The lowest BCUT2D eigenvalue weighted by atomic mass is 10.3. The molecule has 2 rings (SSSR count). The molecule has 100 valence electrons. The van der Waals surface area contributed by atoms with Crippen LogP contribution < -0.4 is 15.8 Å². The van der Waals surface area contributed by atoms with Gasteiger partial charge in [-0.15, -0.1) is 0 Å². The van der Waals surface area contributed by atoms with Crippen molar-refractivity contribution in [2.24, 2.45) is 0 Å². The van der Waals surface area contributed by atoms with Crippen molar-refractivity contribution in [2.75, 3.05) is 24.2 Å². The van der Waals surface area contributed by atoms with Gasteiger partial charge in [-0.3, -0.25) is 0 Å². The van der Waals surface area contributed by atoms with E-state index in [1.54, 1.807) is 6.20 Å². The van der Waals surface area contributed by atoms with Gasteiger partial charge in [0.15, 0.2) is 0 Å². The van der Waals surface area contributed by atoms with Gasteiger partial charge < -0.3 is 15.8 Å². The minimum atomic E-state index is 0.637. The second kappa shape index (κ2) is 6.99. The summed E-state index contributed by atoms with van der Waals surface area (Å²) in [6, 6.07) is 11.6. The summed E-state index contributed by atoms with van der Waals surface area (Å²) in [5.41, 5.74) is 6.48. The molecule has 0 aliphatic rings. The zero-order valence-corrected chi connectivity index (χ0v) is 12.1. The normalized spacial score (nSPS) is 10.2. The highest BCUT2D eigenvalue weighted by Gasteiger charge is 2.00. The average molecular weight is 322 g/mol. The summed E-state index contributed by atoms with van der Waals surface area (Å²) in [7, 11) is 0. The minimum Gasteiger partial charge on any atom is -0.494 e. The average Bonchev–Trinajstić information content (AvgIpc) is 2.42. The first-order valence-corrected chi connectivity index (χ1v) is 6.88. The van der Waals surface area contributed by atoms with E-state index in [0.29, 0.717) is 18.1 Å². The van der Waals surface area contributed by atoms with Gasteiger partial charge in [0.25, 0.3) is 0 Å². The van der Waals surface area contributed by atoms with Gasteiger partial charge in [0.2, 0.25) is 0 Å². The molecule has 5 heteroatoms. The van der Waals surface area contributed by atoms with Gasteiger partial charge in [0.1, 0.15) is 11.6 Å². The van der Waals surface area contributed by atoms with Gasteiger partial charge in [-0.2, -0.15) is 0 Å². The molecular weight excluding hydrogens is 306 g/mol. The zero-order chi connectivity index (χ0) is 13.5. The number of hydrogen-bond acceptors (Lipinski definition) is 4. The van der Waals surface area contributed by atoms with Crippen molar-refractivity contribution in [3.63, 3.8) is 0 Å². The molecule has 0 spiro atoms. The summed E-state index contributed by atoms with van der Waals surface area (Å²) < 4.78 is 6.47. The molecule has 0 fully saturated rings. The smallest absolute Gasteiger partial charge is 0.149 e. The van der Waals surface area contributed by atoms with Crippen molar-refractivity contribution < 1.29 is 4.74 Å². The molecule has 1 heterocycles. The Labute approximate surface area is 121 Å². The monoisotopic (exact) mass is 321 g/mol. The summed E-state index contributed by atoms with van der Waals surface area (Å²) in [6.07, 6.45) is 2.60. The highest BCUT2D eigenvalue weighted by molar-refractivity contribution is 9.10. The Morgan fingerprint density at radius 2 is 2.05 bits per heavy atom. The summed E-state index contributed by atoms with van der Waals surface area (Å²) in [6.45, 7) is 1.43. The molecule has 2 aromatic rings. The second-order valence-corrected chi connectivity index (χ2v) is 4.95. The van der Waals surface area contributed by atoms with E-state index < -0.39 is 0 Å². The SMILES string of the molecule is Nc1cc(Br)cnc1NCCCOc1ccccc1. The summed E-state index contributed by atoms with van der Waals surface area (Å²) in [4.78, 5) is 4.21. The standard InChI is InChI=1S/C14H16BrN3O/c15-11-9-13(16)14(18-10-11)17-7-4-8-19-12-5-2-1-3-6-12/h1-3,5-6,9-10H,4,7-8,16H2,(H,17,18). The van der Waals surface area contributed by atoms with Crippen LogP contribution >= 0.6 is 15.9 Å². The Morgan fingerprint density at radius 1 is 1.26 bits per heavy atom. The number of nitrogen functional groups attached to an aromatic ring is 1. The van der Waals surface area contributed by atoms with Crippen molar-refractivity contribution >= 4 is 27.4 Å². The number of ether oxygens (including phenoxy) is 1. The molecule has 0 amide bonds. The Kier molecular flexibility index (Phi) is 5.03. The van der Waals surface area contributed by atoms with Gasteiger partial charge in [-0.1, -0.05) is 18.2 Å². The van der Waals surface area contributed by atoms with Crippen molar-refractivity contribution in [3.8, 4) is 5.75 Å². The Balaban J connectivity index is 1.69. The third-order valence-electron chi connectivity index (χ3n) is 2.51. The third kappa shape index (κ3) is 4.44. The van der Waals surface area contributed by atoms with Crippen LogP contribution in [0.4, 0.5) is 11.5 Å². The number of rotatable bonds is 6. The number of nitrogens with one attached hydrogen (secondary N) is 1. The number of nitrogens with two attached hydrogens (primary N) is 1. The van der Waals surface area contributed by atoms with Crippen LogP contribution in [-0.2, 0) is 0 Å². The molecule has 1 aromatic heterocycles. The molecule has 19 heavy (non-hydrogen) atoms. The molecule has 0 atom stereocenters. The summed E-state index contributed by atoms with van der Waals surface area (Å²) in [5.74, 6) is 1.60. The van der Waals surface area contributed by atoms with Crippen LogP contribution in [0.2, 0.25) is 0 Å². The largest absolute Gasteiger partial charge is 0.494 e. The molecular formula is C14H16BrN3O. The van der Waals surface area contributed by atoms with E-state index in [4.69, 9.17) is 10.5 Å². The Bertz CT molecular complexity index is 519. The number of hydrogen-bond donors (Lipinski definition) is 2. The van der Waals surface area contributed by atoms with E-state index in [1.165, 1.54) is 0 Å². The highest BCUT2D eigenvalue weighted by Crippen LogP contribution is 2.19. The molecule has 3 N–H and O–H groups in total. The lowest BCUT2D eigenvalue weighted by Gasteiger charge is -2.09. The van der Waals surface area contributed by atoms with Crippen LogP contribution in [0.15, 0.2) is 47.1 Å². The van der Waals surface area contributed by atoms with Crippen molar-refractivity contribution in [2.45, 2.75) is 6.42 Å². The third-order valence-corrected chi connectivity index (χ3v) is 2.94. The van der Waals surface area contributed by atoms with E-state index in [-0.39, 0.29) is 0 Å². The quantitative estimate of drug-likeness (QED) is 0.801. The van der Waals surface area contributed by atoms with E-state index in [1.807, 2.05) is 36.4 Å². The van der Waals surface area contributed by atoms with Crippen molar-refractivity contribution in [3.05, 3.63) is 47.1 Å². The summed E-state index contributed by atoms with van der Waals surface area (Å²) >= 11 is 3.32. The van der Waals surface area contributed by atoms with E-state index in [2.05, 4.69) is 26.2 Å². The number of pyridine rings is 1. The van der Waals surface area contributed by atoms with Gasteiger partial charge in [0.05, 0.1) is 12.3 Å². The van der Waals surface area contributed by atoms with E-state index >= 15 is 0 Å². The topological polar surface area (TPSA) is 60.2 Å². The molecule has 4 nitrogen and oxygen atoms in total. The number of anilines is 2. The fraction of sp³-hybridized carbons (Fsp3) is 0.214. The minimum absolute atomic E-state index is 0.637. The molecule has 1 aromatic carbocycles. The number of nitrogens with zero attached hydrogens (tertiary/aromatic N) is 1. The zero-order valence-electron chi connectivity index (χ0n) is 10.5. The molecule has 0 aliphatic heterocycles. The maximum Gasteiger partial charge on any atom is 0.149 e. The second-order valence-electron chi connectivity index (χ2n) is 4.03. The van der Waals surface area contributed by atoms with E-state index in [0.717, 1.165) is 23.2 Å². The first-order chi connectivity index (χ1) is 9.25.